The number of carbonyl (C=O) groups is 1. The van der Waals surface area contributed by atoms with Crippen LogP contribution in [0.5, 0.6) is 5.75 Å². The number of carbonyl (C=O) groups excluding carboxylic acids is 1. The lowest BCUT2D eigenvalue weighted by Crippen LogP contribution is -2.36. The zero-order chi connectivity index (χ0) is 17.5. The second-order valence-electron chi connectivity index (χ2n) is 4.41. The van der Waals surface area contributed by atoms with Gasteiger partial charge in [-0.05, 0) is 23.8 Å². The van der Waals surface area contributed by atoms with Gasteiger partial charge in [-0.3, -0.25) is 0 Å². The molecule has 2 N–H and O–H groups in total. The van der Waals surface area contributed by atoms with Crippen LogP contribution in [-0.2, 0) is 14.8 Å². The van der Waals surface area contributed by atoms with Crippen molar-refractivity contribution in [3.05, 3.63) is 29.8 Å². The van der Waals surface area contributed by atoms with Crippen LogP contribution in [0.4, 0.5) is 0 Å². The van der Waals surface area contributed by atoms with Crippen molar-refractivity contribution in [1.29, 1.82) is 0 Å². The van der Waals surface area contributed by atoms with Gasteiger partial charge in [0.15, 0.2) is 0 Å². The van der Waals surface area contributed by atoms with Gasteiger partial charge in [-0.2, -0.15) is 4.31 Å². The Bertz CT molecular complexity index is 664. The molecule has 0 aliphatic carbocycles. The molecule has 0 radical (unpaired) electrons. The summed E-state index contributed by atoms with van der Waals surface area (Å²) in [6.07, 6.45) is 1.97. The van der Waals surface area contributed by atoms with E-state index in [2.05, 4.69) is 0 Å². The quantitative estimate of drug-likeness (QED) is 0.518. The first-order chi connectivity index (χ1) is 10.9. The first kappa shape index (κ1) is 19.1. The van der Waals surface area contributed by atoms with Gasteiger partial charge in [0.05, 0.1) is 26.3 Å². The van der Waals surface area contributed by atoms with Gasteiger partial charge in [0.25, 0.3) is 0 Å². The van der Waals surface area contributed by atoms with Crippen molar-refractivity contribution in [2.24, 2.45) is 0 Å². The lowest BCUT2D eigenvalue weighted by molar-refractivity contribution is -0.297. The molecule has 0 amide bonds. The van der Waals surface area contributed by atoms with Gasteiger partial charge in [0.1, 0.15) is 10.6 Å². The molecule has 1 aromatic carbocycles. The van der Waals surface area contributed by atoms with E-state index in [1.807, 2.05) is 0 Å². The number of hydrogen-bond donors (Lipinski definition) is 2. The molecule has 0 saturated heterocycles. The van der Waals surface area contributed by atoms with E-state index in [0.29, 0.717) is 5.56 Å². The summed E-state index contributed by atoms with van der Waals surface area (Å²) >= 11 is 0. The molecule has 9 heteroatoms. The summed E-state index contributed by atoms with van der Waals surface area (Å²) in [5, 5.41) is 28.4. The summed E-state index contributed by atoms with van der Waals surface area (Å²) < 4.78 is 31.3. The number of sulfonamides is 1. The molecule has 128 valence electrons. The van der Waals surface area contributed by atoms with E-state index in [0.717, 1.165) is 10.4 Å². The third-order valence-electron chi connectivity index (χ3n) is 2.92. The maximum Gasteiger partial charge on any atom is 0.246 e. The van der Waals surface area contributed by atoms with Crippen LogP contribution in [0.15, 0.2) is 29.2 Å². The minimum absolute atomic E-state index is 0.0662. The summed E-state index contributed by atoms with van der Waals surface area (Å²) in [6, 6.07) is 4.12. The van der Waals surface area contributed by atoms with E-state index in [1.165, 1.54) is 31.4 Å². The number of nitrogens with zero attached hydrogens (tertiary/aromatic N) is 1. The minimum Gasteiger partial charge on any atom is -0.545 e. The molecule has 1 aromatic rings. The topological polar surface area (TPSA) is 127 Å². The number of aliphatic hydroxyl groups is 2. The van der Waals surface area contributed by atoms with Crippen LogP contribution in [0.2, 0.25) is 0 Å². The lowest BCUT2D eigenvalue weighted by Gasteiger charge is -2.21. The van der Waals surface area contributed by atoms with Gasteiger partial charge >= 0.3 is 0 Å². The molecule has 0 unspecified atom stereocenters. The Morgan fingerprint density at radius 2 is 1.91 bits per heavy atom. The van der Waals surface area contributed by atoms with Crippen molar-refractivity contribution in [3.63, 3.8) is 0 Å². The SMILES string of the molecule is COc1ccc(/C=C/C(=O)[O-])cc1S(=O)(=O)N(CCO)CCO. The first-order valence-corrected chi connectivity index (χ1v) is 8.09. The van der Waals surface area contributed by atoms with Crippen LogP contribution < -0.4 is 9.84 Å². The Morgan fingerprint density at radius 3 is 2.39 bits per heavy atom. The number of aliphatic hydroxyl groups excluding tert-OH is 2. The second kappa shape index (κ2) is 8.63. The number of aliphatic carboxylic acids is 1. The number of carboxylic acids is 1. The Labute approximate surface area is 134 Å². The third kappa shape index (κ3) is 5.03. The average Bonchev–Trinajstić information content (AvgIpc) is 2.52. The molecule has 0 spiro atoms. The van der Waals surface area contributed by atoms with Crippen LogP contribution in [0.25, 0.3) is 6.08 Å². The van der Waals surface area contributed by atoms with Crippen molar-refractivity contribution < 1.29 is 33.3 Å². The average molecular weight is 344 g/mol. The Kier molecular flexibility index (Phi) is 7.17. The summed E-state index contributed by atoms with van der Waals surface area (Å²) in [6.45, 7) is -1.20. The van der Waals surface area contributed by atoms with E-state index >= 15 is 0 Å². The van der Waals surface area contributed by atoms with Gasteiger partial charge in [-0.1, -0.05) is 12.1 Å². The number of methoxy groups -OCH3 is 1. The summed E-state index contributed by atoms with van der Waals surface area (Å²) in [5.74, 6) is -1.34. The predicted molar refractivity (Wildman–Crippen MR) is 80.0 cm³/mol. The highest BCUT2D eigenvalue weighted by Crippen LogP contribution is 2.28. The molecular weight excluding hydrogens is 326 g/mol. The predicted octanol–water partition coefficient (Wildman–Crippen LogP) is -1.57. The van der Waals surface area contributed by atoms with Crippen LogP contribution in [0.3, 0.4) is 0 Å². The number of ether oxygens (including phenoxy) is 1. The van der Waals surface area contributed by atoms with Crippen LogP contribution in [0, 0.1) is 0 Å². The molecule has 0 atom stereocenters. The Balaban J connectivity index is 3.35. The van der Waals surface area contributed by atoms with E-state index < -0.39 is 29.2 Å². The van der Waals surface area contributed by atoms with E-state index in [1.54, 1.807) is 0 Å². The highest BCUT2D eigenvalue weighted by atomic mass is 32.2. The summed E-state index contributed by atoms with van der Waals surface area (Å²) in [7, 11) is -2.74. The van der Waals surface area contributed by atoms with Gasteiger partial charge in [0, 0.05) is 13.1 Å². The van der Waals surface area contributed by atoms with Crippen molar-refractivity contribution in [1.82, 2.24) is 4.31 Å². The van der Waals surface area contributed by atoms with Crippen LogP contribution in [0.1, 0.15) is 5.56 Å². The van der Waals surface area contributed by atoms with Crippen molar-refractivity contribution in [2.45, 2.75) is 4.90 Å². The van der Waals surface area contributed by atoms with Gasteiger partial charge in [-0.15, -0.1) is 0 Å². The number of rotatable bonds is 9. The summed E-state index contributed by atoms with van der Waals surface area (Å²) in [5.41, 5.74) is 0.321. The molecule has 0 bridgehead atoms. The van der Waals surface area contributed by atoms with Crippen molar-refractivity contribution in [3.8, 4) is 5.75 Å². The standard InChI is InChI=1S/C14H19NO7S/c1-22-12-4-2-11(3-5-14(18)19)10-13(12)23(20,21)15(6-8-16)7-9-17/h2-5,10,16-17H,6-9H2,1H3,(H,18,19)/p-1/b5-3+. The van der Waals surface area contributed by atoms with E-state index in [9.17, 15) is 18.3 Å². The highest BCUT2D eigenvalue weighted by Gasteiger charge is 2.27. The van der Waals surface area contributed by atoms with E-state index in [4.69, 9.17) is 14.9 Å². The van der Waals surface area contributed by atoms with Gasteiger partial charge in [-0.25, -0.2) is 8.42 Å². The van der Waals surface area contributed by atoms with E-state index in [-0.39, 0.29) is 23.7 Å². The molecule has 23 heavy (non-hydrogen) atoms. The molecule has 8 nitrogen and oxygen atoms in total. The monoisotopic (exact) mass is 344 g/mol. The van der Waals surface area contributed by atoms with Crippen LogP contribution >= 0.6 is 0 Å². The molecular formula is C14H18NO7S-. The maximum atomic E-state index is 12.7. The van der Waals surface area contributed by atoms with Crippen LogP contribution in [-0.4, -0.2) is 62.3 Å². The Hall–Kier alpha value is -1.94. The summed E-state index contributed by atoms with van der Waals surface area (Å²) in [4.78, 5) is 10.3. The molecule has 0 fully saturated rings. The molecule has 0 heterocycles. The molecule has 0 aliphatic heterocycles. The molecule has 0 aliphatic rings. The zero-order valence-electron chi connectivity index (χ0n) is 12.5. The number of hydrogen-bond acceptors (Lipinski definition) is 7. The normalized spacial score (nSPS) is 12.0. The largest absolute Gasteiger partial charge is 0.545 e. The third-order valence-corrected chi connectivity index (χ3v) is 4.84. The fourth-order valence-corrected chi connectivity index (χ4v) is 3.49. The number of carboxylic acid groups (broad SMARTS) is 1. The first-order valence-electron chi connectivity index (χ1n) is 6.65. The smallest absolute Gasteiger partial charge is 0.246 e. The maximum absolute atomic E-state index is 12.7. The second-order valence-corrected chi connectivity index (χ2v) is 6.32. The lowest BCUT2D eigenvalue weighted by atomic mass is 10.2. The van der Waals surface area contributed by atoms with Crippen molar-refractivity contribution >= 4 is 22.1 Å². The van der Waals surface area contributed by atoms with Gasteiger partial charge in [0.2, 0.25) is 10.0 Å². The van der Waals surface area contributed by atoms with Crippen molar-refractivity contribution in [2.75, 3.05) is 33.4 Å². The highest BCUT2D eigenvalue weighted by molar-refractivity contribution is 7.89. The zero-order valence-corrected chi connectivity index (χ0v) is 13.3. The fraction of sp³-hybridized carbons (Fsp3) is 0.357. The Morgan fingerprint density at radius 1 is 1.30 bits per heavy atom. The fourth-order valence-electron chi connectivity index (χ4n) is 1.88. The minimum atomic E-state index is -4.04. The number of benzene rings is 1. The molecule has 0 saturated carbocycles. The van der Waals surface area contributed by atoms with Gasteiger partial charge < -0.3 is 24.9 Å². The molecule has 0 aromatic heterocycles. The molecule has 1 rings (SSSR count).